The van der Waals surface area contributed by atoms with Gasteiger partial charge in [-0.1, -0.05) is 19.1 Å². The molecule has 144 valence electrons. The number of methoxy groups -OCH3 is 1. The molecular weight excluding hydrogens is 340 g/mol. The predicted molar refractivity (Wildman–Crippen MR) is 109 cm³/mol. The van der Waals surface area contributed by atoms with Crippen LogP contribution in [0.1, 0.15) is 30.8 Å². The Morgan fingerprint density at radius 1 is 1.19 bits per heavy atom. The van der Waals surface area contributed by atoms with Gasteiger partial charge in [0.1, 0.15) is 11.4 Å². The summed E-state index contributed by atoms with van der Waals surface area (Å²) in [6.07, 6.45) is 2.78. The molecule has 6 nitrogen and oxygen atoms in total. The molecule has 6 heteroatoms. The molecule has 1 N–H and O–H groups in total. The van der Waals surface area contributed by atoms with Gasteiger partial charge in [0.05, 0.1) is 24.7 Å². The van der Waals surface area contributed by atoms with Gasteiger partial charge in [0.15, 0.2) is 0 Å². The number of nitrogens with one attached hydrogen (secondary N) is 1. The fourth-order valence-electron chi connectivity index (χ4n) is 3.20. The molecule has 1 aromatic carbocycles. The third-order valence-electron chi connectivity index (χ3n) is 5.00. The lowest BCUT2D eigenvalue weighted by molar-refractivity contribution is 0.0741. The molecule has 1 unspecified atom stereocenters. The number of aromatic nitrogens is 1. The Labute approximate surface area is 161 Å². The maximum absolute atomic E-state index is 12.8. The molecule has 0 saturated carbocycles. The van der Waals surface area contributed by atoms with Gasteiger partial charge in [0.2, 0.25) is 0 Å². The van der Waals surface area contributed by atoms with E-state index in [1.165, 1.54) is 0 Å². The number of anilines is 2. The van der Waals surface area contributed by atoms with Crippen molar-refractivity contribution in [3.63, 3.8) is 0 Å². The van der Waals surface area contributed by atoms with E-state index in [4.69, 9.17) is 4.74 Å². The number of hydrogen-bond donors (Lipinski definition) is 1. The van der Waals surface area contributed by atoms with Crippen LogP contribution < -0.4 is 15.0 Å². The molecule has 1 amide bonds. The van der Waals surface area contributed by atoms with E-state index < -0.39 is 0 Å². The van der Waals surface area contributed by atoms with E-state index in [1.807, 2.05) is 29.2 Å². The highest BCUT2D eigenvalue weighted by Crippen LogP contribution is 2.28. The van der Waals surface area contributed by atoms with Crippen LogP contribution in [-0.4, -0.2) is 55.1 Å². The number of pyridine rings is 1. The largest absolute Gasteiger partial charge is 0.495 e. The third-order valence-corrected chi connectivity index (χ3v) is 5.00. The SMILES string of the molecule is CCC(C)Nc1ccc(C(=O)N2CCN(c3ccccc3OC)CC2)nc1. The van der Waals surface area contributed by atoms with Crippen LogP contribution in [0.25, 0.3) is 0 Å². The van der Waals surface area contributed by atoms with Crippen molar-refractivity contribution >= 4 is 17.3 Å². The maximum atomic E-state index is 12.8. The van der Waals surface area contributed by atoms with Gasteiger partial charge in [-0.2, -0.15) is 0 Å². The van der Waals surface area contributed by atoms with Crippen LogP contribution >= 0.6 is 0 Å². The topological polar surface area (TPSA) is 57.7 Å². The second-order valence-electron chi connectivity index (χ2n) is 6.84. The summed E-state index contributed by atoms with van der Waals surface area (Å²) < 4.78 is 5.45. The second-order valence-corrected chi connectivity index (χ2v) is 6.84. The Kier molecular flexibility index (Phi) is 6.16. The Morgan fingerprint density at radius 2 is 1.93 bits per heavy atom. The van der Waals surface area contributed by atoms with Crippen molar-refractivity contribution in [2.45, 2.75) is 26.3 Å². The van der Waals surface area contributed by atoms with Gasteiger partial charge >= 0.3 is 0 Å². The van der Waals surface area contributed by atoms with Crippen LogP contribution in [-0.2, 0) is 0 Å². The first kappa shape index (κ1) is 19.0. The predicted octanol–water partition coefficient (Wildman–Crippen LogP) is 3.26. The van der Waals surface area contributed by atoms with Gasteiger partial charge in [-0.25, -0.2) is 4.98 Å². The molecule has 2 aromatic rings. The molecule has 27 heavy (non-hydrogen) atoms. The summed E-state index contributed by atoms with van der Waals surface area (Å²) in [5.41, 5.74) is 2.52. The van der Waals surface area contributed by atoms with Crippen molar-refractivity contribution in [1.82, 2.24) is 9.88 Å². The zero-order valence-electron chi connectivity index (χ0n) is 16.3. The summed E-state index contributed by atoms with van der Waals surface area (Å²) in [6.45, 7) is 7.16. The molecule has 0 radical (unpaired) electrons. The van der Waals surface area contributed by atoms with E-state index in [1.54, 1.807) is 19.4 Å². The summed E-state index contributed by atoms with van der Waals surface area (Å²) in [4.78, 5) is 21.2. The normalized spacial score (nSPS) is 15.4. The minimum absolute atomic E-state index is 0.00948. The number of carbonyl (C=O) groups is 1. The molecule has 0 bridgehead atoms. The van der Waals surface area contributed by atoms with Gasteiger partial charge in [0, 0.05) is 32.2 Å². The van der Waals surface area contributed by atoms with E-state index in [0.717, 1.165) is 36.6 Å². The van der Waals surface area contributed by atoms with Crippen molar-refractivity contribution in [1.29, 1.82) is 0 Å². The van der Waals surface area contributed by atoms with Crippen LogP contribution in [0.3, 0.4) is 0 Å². The summed E-state index contributed by atoms with van der Waals surface area (Å²) >= 11 is 0. The van der Waals surface area contributed by atoms with E-state index in [9.17, 15) is 4.79 Å². The summed E-state index contributed by atoms with van der Waals surface area (Å²) in [5.74, 6) is 0.855. The summed E-state index contributed by atoms with van der Waals surface area (Å²) in [7, 11) is 1.68. The summed E-state index contributed by atoms with van der Waals surface area (Å²) in [5, 5.41) is 3.37. The lowest BCUT2D eigenvalue weighted by atomic mass is 10.2. The third kappa shape index (κ3) is 4.51. The van der Waals surface area contributed by atoms with Crippen molar-refractivity contribution < 1.29 is 9.53 Å². The minimum atomic E-state index is -0.00948. The first-order valence-electron chi connectivity index (χ1n) is 9.52. The molecular formula is C21H28N4O2. The number of piperazine rings is 1. The first-order chi connectivity index (χ1) is 13.1. The van der Waals surface area contributed by atoms with Crippen molar-refractivity contribution in [3.05, 3.63) is 48.3 Å². The quantitative estimate of drug-likeness (QED) is 0.848. The Hall–Kier alpha value is -2.76. The second kappa shape index (κ2) is 8.75. The van der Waals surface area contributed by atoms with Crippen LogP contribution in [0.5, 0.6) is 5.75 Å². The van der Waals surface area contributed by atoms with Gasteiger partial charge in [-0.05, 0) is 37.6 Å². The average Bonchev–Trinajstić information content (AvgIpc) is 2.73. The lowest BCUT2D eigenvalue weighted by Crippen LogP contribution is -2.49. The molecule has 1 aromatic heterocycles. The van der Waals surface area contributed by atoms with Crippen molar-refractivity contribution in [3.8, 4) is 5.75 Å². The molecule has 0 aliphatic carbocycles. The fraction of sp³-hybridized carbons (Fsp3) is 0.429. The summed E-state index contributed by atoms with van der Waals surface area (Å²) in [6, 6.07) is 12.1. The fourth-order valence-corrected chi connectivity index (χ4v) is 3.20. The lowest BCUT2D eigenvalue weighted by Gasteiger charge is -2.36. The first-order valence-corrected chi connectivity index (χ1v) is 9.52. The number of para-hydroxylation sites is 2. The maximum Gasteiger partial charge on any atom is 0.272 e. The molecule has 0 spiro atoms. The van der Waals surface area contributed by atoms with Crippen LogP contribution in [0.2, 0.25) is 0 Å². The monoisotopic (exact) mass is 368 g/mol. The molecule has 1 fully saturated rings. The van der Waals surface area contributed by atoms with Gasteiger partial charge in [-0.15, -0.1) is 0 Å². The van der Waals surface area contributed by atoms with E-state index in [-0.39, 0.29) is 5.91 Å². The highest BCUT2D eigenvalue weighted by atomic mass is 16.5. The zero-order chi connectivity index (χ0) is 19.2. The number of ether oxygens (including phenoxy) is 1. The number of benzene rings is 1. The van der Waals surface area contributed by atoms with Gasteiger partial charge in [-0.3, -0.25) is 4.79 Å². The zero-order valence-corrected chi connectivity index (χ0v) is 16.3. The van der Waals surface area contributed by atoms with E-state index in [2.05, 4.69) is 35.1 Å². The number of nitrogens with zero attached hydrogens (tertiary/aromatic N) is 3. The Morgan fingerprint density at radius 3 is 2.56 bits per heavy atom. The van der Waals surface area contributed by atoms with Gasteiger partial charge < -0.3 is 19.9 Å². The van der Waals surface area contributed by atoms with E-state index in [0.29, 0.717) is 24.8 Å². The number of amides is 1. The molecule has 1 aliphatic rings. The Balaban J connectivity index is 1.60. The average molecular weight is 368 g/mol. The molecule has 2 heterocycles. The van der Waals surface area contributed by atoms with Crippen LogP contribution in [0.4, 0.5) is 11.4 Å². The standard InChI is InChI=1S/C21H28N4O2/c1-4-16(2)23-17-9-10-18(22-15-17)21(26)25-13-11-24(12-14-25)19-7-5-6-8-20(19)27-3/h5-10,15-16,23H,4,11-14H2,1-3H3. The van der Waals surface area contributed by atoms with Crippen molar-refractivity contribution in [2.24, 2.45) is 0 Å². The molecule has 1 atom stereocenters. The number of rotatable bonds is 6. The van der Waals surface area contributed by atoms with Crippen molar-refractivity contribution in [2.75, 3.05) is 43.5 Å². The number of carbonyl (C=O) groups excluding carboxylic acids is 1. The minimum Gasteiger partial charge on any atom is -0.495 e. The molecule has 1 aliphatic heterocycles. The van der Waals surface area contributed by atoms with Crippen LogP contribution in [0, 0.1) is 0 Å². The Bertz CT molecular complexity index is 755. The molecule has 1 saturated heterocycles. The number of hydrogen-bond acceptors (Lipinski definition) is 5. The highest BCUT2D eigenvalue weighted by Gasteiger charge is 2.24. The van der Waals surface area contributed by atoms with Crippen LogP contribution in [0.15, 0.2) is 42.6 Å². The highest BCUT2D eigenvalue weighted by molar-refractivity contribution is 5.92. The smallest absolute Gasteiger partial charge is 0.272 e. The van der Waals surface area contributed by atoms with Gasteiger partial charge in [0.25, 0.3) is 5.91 Å². The molecule has 3 rings (SSSR count). The van der Waals surface area contributed by atoms with E-state index >= 15 is 0 Å².